The van der Waals surface area contributed by atoms with Crippen molar-refractivity contribution in [3.63, 3.8) is 0 Å². The molecule has 2 aliphatic carbocycles. The molecule has 0 bridgehead atoms. The highest BCUT2D eigenvalue weighted by molar-refractivity contribution is 5.36. The summed E-state index contributed by atoms with van der Waals surface area (Å²) in [5, 5.41) is 9.49. The third kappa shape index (κ3) is 4.72. The van der Waals surface area contributed by atoms with E-state index in [4.69, 9.17) is 10.5 Å². The number of aliphatic hydroxyl groups excluding tert-OH is 1. The second-order valence-electron chi connectivity index (χ2n) is 7.95. The molecule has 3 N–H and O–H groups in total. The van der Waals surface area contributed by atoms with Crippen LogP contribution >= 0.6 is 0 Å². The zero-order valence-electron chi connectivity index (χ0n) is 15.5. The Hall–Kier alpha value is -1.16. The summed E-state index contributed by atoms with van der Waals surface area (Å²) in [4.78, 5) is 0. The van der Waals surface area contributed by atoms with Gasteiger partial charge in [-0.25, -0.2) is 0 Å². The third-order valence-corrected chi connectivity index (χ3v) is 5.89. The first-order valence-electron chi connectivity index (χ1n) is 9.91. The molecule has 0 spiro atoms. The molecule has 3 atom stereocenters. The van der Waals surface area contributed by atoms with Crippen LogP contribution in [0.2, 0.25) is 0 Å². The number of hydrogen-bond acceptors (Lipinski definition) is 3. The minimum absolute atomic E-state index is 0.0974. The van der Waals surface area contributed by atoms with E-state index in [1.165, 1.54) is 23.1 Å². The van der Waals surface area contributed by atoms with Crippen LogP contribution in [0.15, 0.2) is 30.4 Å². The molecule has 25 heavy (non-hydrogen) atoms. The molecule has 0 radical (unpaired) electrons. The summed E-state index contributed by atoms with van der Waals surface area (Å²) in [6.45, 7) is 3.03. The molecule has 1 saturated carbocycles. The highest BCUT2D eigenvalue weighted by Crippen LogP contribution is 2.40. The van der Waals surface area contributed by atoms with E-state index in [1.54, 1.807) is 0 Å². The molecule has 0 amide bonds. The van der Waals surface area contributed by atoms with Gasteiger partial charge in [-0.3, -0.25) is 0 Å². The molecule has 1 aromatic rings. The van der Waals surface area contributed by atoms with Gasteiger partial charge in [0.1, 0.15) is 0 Å². The van der Waals surface area contributed by atoms with Crippen LogP contribution in [0.5, 0.6) is 0 Å². The van der Waals surface area contributed by atoms with Crippen molar-refractivity contribution in [2.24, 2.45) is 5.73 Å². The van der Waals surface area contributed by atoms with Gasteiger partial charge >= 0.3 is 0 Å². The zero-order chi connectivity index (χ0) is 17.7. The van der Waals surface area contributed by atoms with E-state index in [1.807, 2.05) is 0 Å². The molecule has 3 rings (SSSR count). The van der Waals surface area contributed by atoms with E-state index in [0.29, 0.717) is 12.0 Å². The normalized spacial score (nSPS) is 29.2. The van der Waals surface area contributed by atoms with E-state index >= 15 is 0 Å². The van der Waals surface area contributed by atoms with E-state index in [-0.39, 0.29) is 12.1 Å². The zero-order valence-corrected chi connectivity index (χ0v) is 15.5. The number of ether oxygens (including phenoxy) is 1. The summed E-state index contributed by atoms with van der Waals surface area (Å²) in [5.41, 5.74) is 10.2. The molecule has 0 saturated heterocycles. The van der Waals surface area contributed by atoms with E-state index in [0.717, 1.165) is 51.6 Å². The van der Waals surface area contributed by atoms with Crippen molar-refractivity contribution in [2.45, 2.75) is 75.9 Å². The second kappa shape index (κ2) is 8.48. The first-order chi connectivity index (χ1) is 12.1. The Bertz CT molecular complexity index is 598. The predicted octanol–water partition coefficient (Wildman–Crippen LogP) is 3.87. The maximum Gasteiger partial charge on any atom is 0.0651 e. The SMILES string of the molecule is CCC/C=C\CO[C@@H]1CCc2cc([C@H]3CC[C@](N)(CO)C3)ccc2C1. The summed E-state index contributed by atoms with van der Waals surface area (Å²) in [6.07, 6.45) is 13.2. The molecular formula is C22H33NO2. The topological polar surface area (TPSA) is 55.5 Å². The molecule has 3 nitrogen and oxygen atoms in total. The van der Waals surface area contributed by atoms with Crippen molar-refractivity contribution < 1.29 is 9.84 Å². The lowest BCUT2D eigenvalue weighted by atomic mass is 9.85. The standard InChI is InChI=1S/C22H33NO2/c1-2-3-4-5-12-25-21-9-8-17-13-18(6-7-19(17)14-21)20-10-11-22(23,15-20)16-24/h4-7,13,20-21,24H,2-3,8-12,14-16,23H2,1H3/b5-4-/t20-,21+,22+/m0/s1. The predicted molar refractivity (Wildman–Crippen MR) is 103 cm³/mol. The smallest absolute Gasteiger partial charge is 0.0651 e. The Morgan fingerprint density at radius 2 is 2.16 bits per heavy atom. The molecule has 0 heterocycles. The lowest BCUT2D eigenvalue weighted by Crippen LogP contribution is -2.40. The summed E-state index contributed by atoms with van der Waals surface area (Å²) < 4.78 is 6.03. The average molecular weight is 344 g/mol. The highest BCUT2D eigenvalue weighted by atomic mass is 16.5. The van der Waals surface area contributed by atoms with Gasteiger partial charge in [-0.05, 0) is 67.6 Å². The molecular weight excluding hydrogens is 310 g/mol. The van der Waals surface area contributed by atoms with Crippen LogP contribution in [0.3, 0.4) is 0 Å². The van der Waals surface area contributed by atoms with Crippen molar-refractivity contribution in [1.82, 2.24) is 0 Å². The number of rotatable bonds is 7. The highest BCUT2D eigenvalue weighted by Gasteiger charge is 2.36. The van der Waals surface area contributed by atoms with Crippen molar-refractivity contribution in [1.29, 1.82) is 0 Å². The lowest BCUT2D eigenvalue weighted by Gasteiger charge is -2.26. The first-order valence-corrected chi connectivity index (χ1v) is 9.91. The monoisotopic (exact) mass is 343 g/mol. The van der Waals surface area contributed by atoms with Gasteiger partial charge in [0.2, 0.25) is 0 Å². The van der Waals surface area contributed by atoms with Gasteiger partial charge < -0.3 is 15.6 Å². The Morgan fingerprint density at radius 3 is 2.92 bits per heavy atom. The maximum atomic E-state index is 9.49. The number of aryl methyl sites for hydroxylation is 1. The van der Waals surface area contributed by atoms with Crippen LogP contribution in [0.1, 0.15) is 68.1 Å². The maximum absolute atomic E-state index is 9.49. The largest absolute Gasteiger partial charge is 0.394 e. The van der Waals surface area contributed by atoms with Gasteiger partial charge in [-0.1, -0.05) is 43.7 Å². The molecule has 138 valence electrons. The molecule has 0 unspecified atom stereocenters. The number of benzene rings is 1. The fourth-order valence-electron chi connectivity index (χ4n) is 4.27. The van der Waals surface area contributed by atoms with Crippen LogP contribution in [0.25, 0.3) is 0 Å². The molecule has 1 aromatic carbocycles. The molecule has 2 aliphatic rings. The van der Waals surface area contributed by atoms with Crippen molar-refractivity contribution >= 4 is 0 Å². The summed E-state index contributed by atoms with van der Waals surface area (Å²) in [7, 11) is 0. The van der Waals surface area contributed by atoms with Crippen LogP contribution in [-0.4, -0.2) is 30.0 Å². The minimum atomic E-state index is -0.370. The summed E-state index contributed by atoms with van der Waals surface area (Å²) in [6, 6.07) is 6.96. The van der Waals surface area contributed by atoms with E-state index in [9.17, 15) is 5.11 Å². The number of fused-ring (bicyclic) bond motifs is 1. The Labute approximate surface area is 152 Å². The molecule has 0 aliphatic heterocycles. The number of aliphatic hydroxyl groups is 1. The summed E-state index contributed by atoms with van der Waals surface area (Å²) >= 11 is 0. The third-order valence-electron chi connectivity index (χ3n) is 5.89. The van der Waals surface area contributed by atoms with Gasteiger partial charge in [0, 0.05) is 5.54 Å². The van der Waals surface area contributed by atoms with Crippen molar-refractivity contribution in [3.8, 4) is 0 Å². The van der Waals surface area contributed by atoms with Gasteiger partial charge in [0.25, 0.3) is 0 Å². The van der Waals surface area contributed by atoms with Crippen molar-refractivity contribution in [2.75, 3.05) is 13.2 Å². The minimum Gasteiger partial charge on any atom is -0.394 e. The number of allylic oxidation sites excluding steroid dienone is 1. The molecule has 0 aromatic heterocycles. The average Bonchev–Trinajstić information content (AvgIpc) is 3.04. The Kier molecular flexibility index (Phi) is 6.32. The quantitative estimate of drug-likeness (QED) is 0.739. The van der Waals surface area contributed by atoms with Gasteiger partial charge in [-0.15, -0.1) is 0 Å². The first kappa shape index (κ1) is 18.6. The summed E-state index contributed by atoms with van der Waals surface area (Å²) in [5.74, 6) is 0.500. The number of unbranched alkanes of at least 4 members (excludes halogenated alkanes) is 1. The molecule has 1 fully saturated rings. The Balaban J connectivity index is 1.56. The van der Waals surface area contributed by atoms with Gasteiger partial charge in [0.05, 0.1) is 19.3 Å². The van der Waals surface area contributed by atoms with Crippen LogP contribution in [-0.2, 0) is 17.6 Å². The van der Waals surface area contributed by atoms with Crippen molar-refractivity contribution in [3.05, 3.63) is 47.0 Å². The number of nitrogens with two attached hydrogens (primary N) is 1. The molecule has 3 heteroatoms. The van der Waals surface area contributed by atoms with Crippen LogP contribution < -0.4 is 5.73 Å². The Morgan fingerprint density at radius 1 is 1.28 bits per heavy atom. The lowest BCUT2D eigenvalue weighted by molar-refractivity contribution is 0.0641. The van der Waals surface area contributed by atoms with Crippen LogP contribution in [0.4, 0.5) is 0 Å². The fourth-order valence-corrected chi connectivity index (χ4v) is 4.27. The second-order valence-corrected chi connectivity index (χ2v) is 7.95. The fraction of sp³-hybridized carbons (Fsp3) is 0.636. The van der Waals surface area contributed by atoms with E-state index in [2.05, 4.69) is 37.3 Å². The van der Waals surface area contributed by atoms with Gasteiger partial charge in [-0.2, -0.15) is 0 Å². The number of hydrogen-bond donors (Lipinski definition) is 2. The van der Waals surface area contributed by atoms with Gasteiger partial charge in [0.15, 0.2) is 0 Å². The van der Waals surface area contributed by atoms with E-state index < -0.39 is 0 Å². The van der Waals surface area contributed by atoms with Crippen LogP contribution in [0, 0.1) is 0 Å².